The molecule has 56 heavy (non-hydrogen) atoms. The standard InChI is InChI=1S/C55H54S/c1-33-24-26-46-48(30-33)49(43-23-12-16-38-15-7-9-18-42(38)43)32-36(4)53(46)55-45-20-11-10-19-44(45)54(47-27-25-34(2)31-50(47)55)41-22-13-21-40(37(41)5)52-29-28-51(56-52)39-17-8-6-14-35(39)3/h6-13,15-27,29,32-37,41,51,53H,14,28,30-31H2,1-5H3. The Morgan fingerprint density at radius 2 is 1.43 bits per heavy atom. The van der Waals surface area contributed by atoms with Crippen molar-refractivity contribution in [1.29, 1.82) is 0 Å². The summed E-state index contributed by atoms with van der Waals surface area (Å²) in [4.78, 5) is 1.50. The minimum absolute atomic E-state index is 0.303. The summed E-state index contributed by atoms with van der Waals surface area (Å²) in [6, 6.07) is 25.3. The van der Waals surface area contributed by atoms with E-state index < -0.39 is 0 Å². The van der Waals surface area contributed by atoms with E-state index in [4.69, 9.17) is 0 Å². The van der Waals surface area contributed by atoms with E-state index in [1.54, 1.807) is 22.3 Å². The average Bonchev–Trinajstić information content (AvgIpc) is 3.70. The third kappa shape index (κ3) is 5.96. The lowest BCUT2D eigenvalue weighted by atomic mass is 9.64. The summed E-state index contributed by atoms with van der Waals surface area (Å²) >= 11 is 2.12. The predicted octanol–water partition coefficient (Wildman–Crippen LogP) is 15.0. The number of thioether (sulfide) groups is 1. The van der Waals surface area contributed by atoms with Crippen LogP contribution in [0.15, 0.2) is 161 Å². The van der Waals surface area contributed by atoms with Gasteiger partial charge in [0.1, 0.15) is 0 Å². The molecular weight excluding hydrogens is 693 g/mol. The summed E-state index contributed by atoms with van der Waals surface area (Å²) in [7, 11) is 0. The first kappa shape index (κ1) is 35.8. The molecule has 1 heterocycles. The molecule has 4 aromatic rings. The number of allylic oxidation sites excluding steroid dienone is 15. The van der Waals surface area contributed by atoms with Gasteiger partial charge in [0.15, 0.2) is 0 Å². The van der Waals surface area contributed by atoms with Crippen molar-refractivity contribution in [2.24, 2.45) is 29.6 Å². The number of benzene rings is 4. The molecule has 0 nitrogen and oxygen atoms in total. The molecule has 8 unspecified atom stereocenters. The highest BCUT2D eigenvalue weighted by molar-refractivity contribution is 8.04. The van der Waals surface area contributed by atoms with E-state index in [0.29, 0.717) is 46.7 Å². The number of rotatable bonds is 5. The molecule has 5 aliphatic carbocycles. The highest BCUT2D eigenvalue weighted by Gasteiger charge is 2.38. The van der Waals surface area contributed by atoms with Crippen LogP contribution in [-0.2, 0) is 6.42 Å². The van der Waals surface area contributed by atoms with Crippen LogP contribution in [0.3, 0.4) is 0 Å². The second-order valence-electron chi connectivity index (χ2n) is 17.7. The molecule has 1 aliphatic heterocycles. The van der Waals surface area contributed by atoms with Crippen LogP contribution in [-0.4, -0.2) is 5.25 Å². The Balaban J connectivity index is 1.09. The molecule has 0 N–H and O–H groups in total. The molecule has 0 saturated heterocycles. The zero-order valence-electron chi connectivity index (χ0n) is 33.6. The third-order valence-electron chi connectivity index (χ3n) is 13.9. The first-order valence-corrected chi connectivity index (χ1v) is 22.2. The van der Waals surface area contributed by atoms with Crippen LogP contribution >= 0.6 is 11.8 Å². The molecule has 6 aliphatic rings. The summed E-state index contributed by atoms with van der Waals surface area (Å²) in [5.41, 5.74) is 15.2. The molecule has 0 radical (unpaired) electrons. The van der Waals surface area contributed by atoms with Crippen molar-refractivity contribution in [2.45, 2.75) is 77.4 Å². The van der Waals surface area contributed by atoms with Gasteiger partial charge < -0.3 is 0 Å². The second kappa shape index (κ2) is 14.4. The number of hydrogen-bond acceptors (Lipinski definition) is 1. The Morgan fingerprint density at radius 1 is 0.679 bits per heavy atom. The minimum Gasteiger partial charge on any atom is -0.118 e. The smallest absolute Gasteiger partial charge is 0.0344 e. The van der Waals surface area contributed by atoms with Gasteiger partial charge >= 0.3 is 0 Å². The van der Waals surface area contributed by atoms with E-state index >= 15 is 0 Å². The van der Waals surface area contributed by atoms with Gasteiger partial charge in [0.2, 0.25) is 0 Å². The molecule has 0 spiro atoms. The van der Waals surface area contributed by atoms with Crippen LogP contribution in [0.1, 0.15) is 93.5 Å². The van der Waals surface area contributed by atoms with E-state index in [9.17, 15) is 0 Å². The Morgan fingerprint density at radius 3 is 2.27 bits per heavy atom. The normalized spacial score (nSPS) is 29.6. The lowest BCUT2D eigenvalue weighted by Crippen LogP contribution is -2.24. The molecule has 0 aromatic heterocycles. The molecule has 10 rings (SSSR count). The summed E-state index contributed by atoms with van der Waals surface area (Å²) < 4.78 is 0. The molecule has 4 aromatic carbocycles. The highest BCUT2D eigenvalue weighted by Crippen LogP contribution is 2.55. The summed E-state index contributed by atoms with van der Waals surface area (Å²) in [5, 5.41) is 6.13. The molecule has 1 heteroatoms. The molecule has 280 valence electrons. The summed E-state index contributed by atoms with van der Waals surface area (Å²) in [6.07, 6.45) is 34.0. The monoisotopic (exact) mass is 746 g/mol. The topological polar surface area (TPSA) is 0 Å². The average molecular weight is 747 g/mol. The third-order valence-corrected chi connectivity index (χ3v) is 15.3. The van der Waals surface area contributed by atoms with Crippen LogP contribution in [0.5, 0.6) is 0 Å². The zero-order valence-corrected chi connectivity index (χ0v) is 34.5. The Kier molecular flexibility index (Phi) is 9.21. The summed E-state index contributed by atoms with van der Waals surface area (Å²) in [6.45, 7) is 12.2. The molecule has 8 atom stereocenters. The van der Waals surface area contributed by atoms with Crippen molar-refractivity contribution in [1.82, 2.24) is 0 Å². The predicted molar refractivity (Wildman–Crippen MR) is 244 cm³/mol. The lowest BCUT2D eigenvalue weighted by Gasteiger charge is -2.39. The fourth-order valence-electron chi connectivity index (χ4n) is 11.1. The second-order valence-corrected chi connectivity index (χ2v) is 18.9. The van der Waals surface area contributed by atoms with Gasteiger partial charge in [-0.3, -0.25) is 0 Å². The minimum atomic E-state index is 0.303. The van der Waals surface area contributed by atoms with Gasteiger partial charge in [-0.1, -0.05) is 180 Å². The van der Waals surface area contributed by atoms with E-state index in [0.717, 1.165) is 25.7 Å². The Bertz CT molecular complexity index is 2550. The molecule has 0 bridgehead atoms. The largest absolute Gasteiger partial charge is 0.118 e. The molecule has 0 fully saturated rings. The number of hydrogen-bond donors (Lipinski definition) is 0. The molecule has 0 saturated carbocycles. The Hall–Kier alpha value is -4.59. The van der Waals surface area contributed by atoms with Crippen molar-refractivity contribution >= 4 is 45.0 Å². The van der Waals surface area contributed by atoms with Crippen LogP contribution in [0.2, 0.25) is 0 Å². The zero-order chi connectivity index (χ0) is 38.1. The first-order chi connectivity index (χ1) is 27.4. The van der Waals surface area contributed by atoms with E-state index in [1.807, 2.05) is 0 Å². The Labute approximate surface area is 339 Å². The van der Waals surface area contributed by atoms with E-state index in [2.05, 4.69) is 186 Å². The van der Waals surface area contributed by atoms with Crippen molar-refractivity contribution < 1.29 is 0 Å². The van der Waals surface area contributed by atoms with Crippen LogP contribution in [0.4, 0.5) is 0 Å². The van der Waals surface area contributed by atoms with Gasteiger partial charge in [-0.2, -0.15) is 0 Å². The fraction of sp³-hybridized carbons (Fsp3) is 0.309. The highest BCUT2D eigenvalue weighted by atomic mass is 32.2. The van der Waals surface area contributed by atoms with Crippen LogP contribution < -0.4 is 0 Å². The van der Waals surface area contributed by atoms with E-state index in [-0.39, 0.29) is 0 Å². The maximum absolute atomic E-state index is 2.65. The van der Waals surface area contributed by atoms with Crippen molar-refractivity contribution in [3.8, 4) is 0 Å². The lowest BCUT2D eigenvalue weighted by molar-refractivity contribution is 0.582. The van der Waals surface area contributed by atoms with E-state index in [1.165, 1.54) is 59.9 Å². The fourth-order valence-corrected chi connectivity index (χ4v) is 12.7. The SMILES string of the molecule is CC1C=CC2=C(C1)C(c1cccc3ccccc13)=CC(C)C2c1c2c(c(C3C=CC=C(C4=CCC(C5=CC=CCC5C)S4)C3C)c3ccccc13)C=CC(C)C2. The van der Waals surface area contributed by atoms with Gasteiger partial charge in [0.05, 0.1) is 0 Å². The summed E-state index contributed by atoms with van der Waals surface area (Å²) in [5.74, 6) is 3.00. The van der Waals surface area contributed by atoms with Gasteiger partial charge in [-0.05, 0) is 127 Å². The molecular formula is C55H54S. The maximum Gasteiger partial charge on any atom is 0.0344 e. The van der Waals surface area contributed by atoms with Gasteiger partial charge in [0.25, 0.3) is 0 Å². The van der Waals surface area contributed by atoms with Gasteiger partial charge in [-0.25, -0.2) is 0 Å². The molecule has 0 amide bonds. The quantitative estimate of drug-likeness (QED) is 0.196. The van der Waals surface area contributed by atoms with Crippen LogP contribution in [0.25, 0.3) is 33.2 Å². The van der Waals surface area contributed by atoms with Crippen LogP contribution in [0, 0.1) is 29.6 Å². The van der Waals surface area contributed by atoms with Gasteiger partial charge in [0, 0.05) is 22.0 Å². The van der Waals surface area contributed by atoms with Gasteiger partial charge in [-0.15, -0.1) is 11.8 Å². The van der Waals surface area contributed by atoms with Crippen molar-refractivity contribution in [2.75, 3.05) is 0 Å². The van der Waals surface area contributed by atoms with Crippen molar-refractivity contribution in [3.05, 3.63) is 189 Å². The maximum atomic E-state index is 2.65. The van der Waals surface area contributed by atoms with Crippen molar-refractivity contribution in [3.63, 3.8) is 0 Å². The number of fused-ring (bicyclic) bond motifs is 3. The first-order valence-electron chi connectivity index (χ1n) is 21.3.